The van der Waals surface area contributed by atoms with Crippen LogP contribution in [0.5, 0.6) is 0 Å². The molecule has 2 rings (SSSR count). The molecule has 1 amide bonds. The first kappa shape index (κ1) is 9.25. The molecule has 2 heteroatoms. The summed E-state index contributed by atoms with van der Waals surface area (Å²) in [7, 11) is 0. The fourth-order valence-electron chi connectivity index (χ4n) is 1.87. The van der Waals surface area contributed by atoms with E-state index in [0.29, 0.717) is 5.92 Å². The second kappa shape index (κ2) is 3.12. The van der Waals surface area contributed by atoms with E-state index in [4.69, 9.17) is 5.73 Å². The maximum atomic E-state index is 10.9. The van der Waals surface area contributed by atoms with E-state index in [1.165, 1.54) is 16.7 Å². The van der Waals surface area contributed by atoms with E-state index < -0.39 is 0 Å². The van der Waals surface area contributed by atoms with Crippen molar-refractivity contribution in [2.75, 3.05) is 0 Å². The standard InChI is InChI=1S/C12H15NO/c1-7-3-4-9(5-8(7)2)10-6-11(10)12(13)14/h3-5,10-11H,6H2,1-2H3,(H2,13,14). The zero-order valence-electron chi connectivity index (χ0n) is 8.58. The van der Waals surface area contributed by atoms with Gasteiger partial charge in [-0.25, -0.2) is 0 Å². The van der Waals surface area contributed by atoms with Gasteiger partial charge in [-0.1, -0.05) is 18.2 Å². The summed E-state index contributed by atoms with van der Waals surface area (Å²) < 4.78 is 0. The number of carbonyl (C=O) groups is 1. The number of hydrogen-bond donors (Lipinski definition) is 1. The Balaban J connectivity index is 2.20. The summed E-state index contributed by atoms with van der Waals surface area (Å²) in [5.41, 5.74) is 9.10. The largest absolute Gasteiger partial charge is 0.369 e. The van der Waals surface area contributed by atoms with Gasteiger partial charge in [-0.15, -0.1) is 0 Å². The normalized spacial score (nSPS) is 24.7. The molecule has 0 spiro atoms. The second-order valence-electron chi connectivity index (χ2n) is 4.19. The van der Waals surface area contributed by atoms with Crippen LogP contribution >= 0.6 is 0 Å². The molecule has 0 saturated heterocycles. The third-order valence-electron chi connectivity index (χ3n) is 3.12. The Morgan fingerprint density at radius 1 is 1.36 bits per heavy atom. The summed E-state index contributed by atoms with van der Waals surface area (Å²) in [6, 6.07) is 6.39. The molecule has 1 aliphatic carbocycles. The Morgan fingerprint density at radius 2 is 2.07 bits per heavy atom. The SMILES string of the molecule is Cc1ccc(C2CC2C(N)=O)cc1C. The van der Waals surface area contributed by atoms with Gasteiger partial charge in [0.25, 0.3) is 0 Å². The maximum absolute atomic E-state index is 10.9. The van der Waals surface area contributed by atoms with Gasteiger partial charge in [0, 0.05) is 5.92 Å². The van der Waals surface area contributed by atoms with Crippen LogP contribution in [0.15, 0.2) is 18.2 Å². The molecule has 0 radical (unpaired) electrons. The highest BCUT2D eigenvalue weighted by molar-refractivity contribution is 5.81. The van der Waals surface area contributed by atoms with E-state index in [1.807, 2.05) is 0 Å². The van der Waals surface area contributed by atoms with Crippen molar-refractivity contribution in [1.82, 2.24) is 0 Å². The number of rotatable bonds is 2. The molecule has 0 bridgehead atoms. The van der Waals surface area contributed by atoms with Crippen LogP contribution in [-0.2, 0) is 4.79 Å². The highest BCUT2D eigenvalue weighted by Gasteiger charge is 2.42. The minimum Gasteiger partial charge on any atom is -0.369 e. The lowest BCUT2D eigenvalue weighted by Crippen LogP contribution is -2.13. The number of amides is 1. The molecule has 1 aliphatic rings. The quantitative estimate of drug-likeness (QED) is 0.758. The molecule has 2 atom stereocenters. The molecule has 2 unspecified atom stereocenters. The Kier molecular flexibility index (Phi) is 2.06. The van der Waals surface area contributed by atoms with Gasteiger partial charge in [-0.2, -0.15) is 0 Å². The third kappa shape index (κ3) is 1.52. The Morgan fingerprint density at radius 3 is 2.57 bits per heavy atom. The van der Waals surface area contributed by atoms with Crippen LogP contribution < -0.4 is 5.73 Å². The molecule has 2 N–H and O–H groups in total. The topological polar surface area (TPSA) is 43.1 Å². The lowest BCUT2D eigenvalue weighted by Gasteiger charge is -2.03. The number of carbonyl (C=O) groups excluding carboxylic acids is 1. The lowest BCUT2D eigenvalue weighted by molar-refractivity contribution is -0.119. The average molecular weight is 189 g/mol. The molecule has 2 nitrogen and oxygen atoms in total. The van der Waals surface area contributed by atoms with E-state index in [9.17, 15) is 4.79 Å². The molecule has 0 heterocycles. The smallest absolute Gasteiger partial charge is 0.221 e. The summed E-state index contributed by atoms with van der Waals surface area (Å²) in [5, 5.41) is 0. The number of aryl methyl sites for hydroxylation is 2. The Bertz CT molecular complexity index is 384. The highest BCUT2D eigenvalue weighted by atomic mass is 16.1. The van der Waals surface area contributed by atoms with E-state index >= 15 is 0 Å². The van der Waals surface area contributed by atoms with Gasteiger partial charge in [0.15, 0.2) is 0 Å². The van der Waals surface area contributed by atoms with Gasteiger partial charge >= 0.3 is 0 Å². The minimum absolute atomic E-state index is 0.0807. The molecular weight excluding hydrogens is 174 g/mol. The van der Waals surface area contributed by atoms with Crippen LogP contribution in [-0.4, -0.2) is 5.91 Å². The van der Waals surface area contributed by atoms with Gasteiger partial charge in [-0.3, -0.25) is 4.79 Å². The molecule has 1 fully saturated rings. The van der Waals surface area contributed by atoms with Crippen molar-refractivity contribution in [2.45, 2.75) is 26.2 Å². The summed E-state index contributed by atoms with van der Waals surface area (Å²) in [6.07, 6.45) is 0.928. The predicted octanol–water partition coefficient (Wildman–Crippen LogP) is 1.89. The van der Waals surface area contributed by atoms with E-state index in [-0.39, 0.29) is 11.8 Å². The van der Waals surface area contributed by atoms with Crippen LogP contribution in [0.4, 0.5) is 0 Å². The van der Waals surface area contributed by atoms with Crippen LogP contribution in [0.1, 0.15) is 29.0 Å². The molecule has 14 heavy (non-hydrogen) atoms. The van der Waals surface area contributed by atoms with Crippen LogP contribution in [0.3, 0.4) is 0 Å². The number of primary amides is 1. The average Bonchev–Trinajstić information content (AvgIpc) is 2.89. The Labute approximate surface area is 84.1 Å². The maximum Gasteiger partial charge on any atom is 0.221 e. The number of benzene rings is 1. The van der Waals surface area contributed by atoms with Crippen molar-refractivity contribution in [2.24, 2.45) is 11.7 Å². The van der Waals surface area contributed by atoms with Gasteiger partial charge in [0.2, 0.25) is 5.91 Å². The molecule has 74 valence electrons. The summed E-state index contributed by atoms with van der Waals surface area (Å²) in [4.78, 5) is 10.9. The Hall–Kier alpha value is -1.31. The van der Waals surface area contributed by atoms with E-state index in [0.717, 1.165) is 6.42 Å². The summed E-state index contributed by atoms with van der Waals surface area (Å²) in [6.45, 7) is 4.19. The van der Waals surface area contributed by atoms with Crippen molar-refractivity contribution in [3.63, 3.8) is 0 Å². The number of hydrogen-bond acceptors (Lipinski definition) is 1. The molecule has 1 aromatic rings. The molecule has 0 aliphatic heterocycles. The zero-order chi connectivity index (χ0) is 10.3. The first-order chi connectivity index (χ1) is 6.59. The second-order valence-corrected chi connectivity index (χ2v) is 4.19. The van der Waals surface area contributed by atoms with Crippen molar-refractivity contribution in [1.29, 1.82) is 0 Å². The first-order valence-electron chi connectivity index (χ1n) is 4.96. The monoisotopic (exact) mass is 189 g/mol. The van der Waals surface area contributed by atoms with Gasteiger partial charge in [0.1, 0.15) is 0 Å². The van der Waals surface area contributed by atoms with Crippen molar-refractivity contribution < 1.29 is 4.79 Å². The van der Waals surface area contributed by atoms with Crippen LogP contribution in [0.25, 0.3) is 0 Å². The molecule has 1 saturated carbocycles. The van der Waals surface area contributed by atoms with Gasteiger partial charge in [-0.05, 0) is 42.9 Å². The lowest BCUT2D eigenvalue weighted by atomic mass is 10.0. The molecule has 1 aromatic carbocycles. The molecule has 0 aromatic heterocycles. The van der Waals surface area contributed by atoms with E-state index in [1.54, 1.807) is 0 Å². The molecular formula is C12H15NO. The van der Waals surface area contributed by atoms with Crippen molar-refractivity contribution >= 4 is 5.91 Å². The van der Waals surface area contributed by atoms with Crippen LogP contribution in [0, 0.1) is 19.8 Å². The summed E-state index contributed by atoms with van der Waals surface area (Å²) >= 11 is 0. The minimum atomic E-state index is -0.159. The first-order valence-corrected chi connectivity index (χ1v) is 4.96. The van der Waals surface area contributed by atoms with Crippen molar-refractivity contribution in [3.05, 3.63) is 34.9 Å². The van der Waals surface area contributed by atoms with Crippen molar-refractivity contribution in [3.8, 4) is 0 Å². The third-order valence-corrected chi connectivity index (χ3v) is 3.12. The van der Waals surface area contributed by atoms with Gasteiger partial charge < -0.3 is 5.73 Å². The van der Waals surface area contributed by atoms with E-state index in [2.05, 4.69) is 32.0 Å². The number of nitrogens with two attached hydrogens (primary N) is 1. The zero-order valence-corrected chi connectivity index (χ0v) is 8.58. The fourth-order valence-corrected chi connectivity index (χ4v) is 1.87. The summed E-state index contributed by atoms with van der Waals surface area (Å²) in [5.74, 6) is 0.303. The predicted molar refractivity (Wildman–Crippen MR) is 56.0 cm³/mol. The van der Waals surface area contributed by atoms with Gasteiger partial charge in [0.05, 0.1) is 0 Å². The fraction of sp³-hybridized carbons (Fsp3) is 0.417. The highest BCUT2D eigenvalue weighted by Crippen LogP contribution is 2.47. The van der Waals surface area contributed by atoms with Crippen LogP contribution in [0.2, 0.25) is 0 Å².